The van der Waals surface area contributed by atoms with Gasteiger partial charge in [-0.1, -0.05) is 0 Å². The second kappa shape index (κ2) is 11.9. The summed E-state index contributed by atoms with van der Waals surface area (Å²) in [5.41, 5.74) is 0.987. The highest BCUT2D eigenvalue weighted by Crippen LogP contribution is 2.19. The second-order valence-electron chi connectivity index (χ2n) is 7.67. The van der Waals surface area contributed by atoms with E-state index in [4.69, 9.17) is 4.42 Å². The van der Waals surface area contributed by atoms with Crippen LogP contribution in [0.5, 0.6) is 0 Å². The fourth-order valence-corrected chi connectivity index (χ4v) is 3.79. The molecule has 1 amide bonds. The Balaban J connectivity index is 0.00000182. The van der Waals surface area contributed by atoms with Crippen molar-refractivity contribution in [1.29, 1.82) is 0 Å². The molecule has 2 N–H and O–H groups in total. The zero-order chi connectivity index (χ0) is 17.6. The number of nitrogens with zero attached hydrogens (tertiary/aromatic N) is 2. The van der Waals surface area contributed by atoms with Crippen LogP contribution in [-0.2, 0) is 11.3 Å². The maximum Gasteiger partial charge on any atom is 0.220 e. The molecule has 156 valence electrons. The molecule has 0 radical (unpaired) electrons. The van der Waals surface area contributed by atoms with Crippen LogP contribution >= 0.6 is 24.8 Å². The summed E-state index contributed by atoms with van der Waals surface area (Å²) in [6.07, 6.45) is 5.17. The summed E-state index contributed by atoms with van der Waals surface area (Å²) < 4.78 is 5.68. The van der Waals surface area contributed by atoms with E-state index in [0.717, 1.165) is 75.9 Å². The van der Waals surface area contributed by atoms with Crippen LogP contribution in [0.15, 0.2) is 4.42 Å². The molecule has 1 atom stereocenters. The molecule has 3 rings (SSSR count). The van der Waals surface area contributed by atoms with Gasteiger partial charge >= 0.3 is 0 Å². The zero-order valence-electron chi connectivity index (χ0n) is 16.5. The van der Waals surface area contributed by atoms with Gasteiger partial charge in [-0.25, -0.2) is 4.98 Å². The first kappa shape index (κ1) is 24.2. The molecular weight excluding hydrogens is 387 g/mol. The van der Waals surface area contributed by atoms with Gasteiger partial charge in [0.1, 0.15) is 5.76 Å². The molecule has 1 unspecified atom stereocenters. The Hall–Kier alpha value is -0.820. The molecule has 8 heteroatoms. The highest BCUT2D eigenvalue weighted by atomic mass is 35.5. The lowest BCUT2D eigenvalue weighted by Crippen LogP contribution is -2.38. The van der Waals surface area contributed by atoms with Crippen LogP contribution in [0.3, 0.4) is 0 Å². The maximum absolute atomic E-state index is 12.0. The van der Waals surface area contributed by atoms with Gasteiger partial charge in [0.05, 0.1) is 12.2 Å². The van der Waals surface area contributed by atoms with E-state index in [-0.39, 0.29) is 30.7 Å². The smallest absolute Gasteiger partial charge is 0.220 e. The molecule has 2 aliphatic rings. The van der Waals surface area contributed by atoms with E-state index >= 15 is 0 Å². The van der Waals surface area contributed by atoms with E-state index in [0.29, 0.717) is 18.3 Å². The minimum atomic E-state index is 0. The fourth-order valence-electron chi connectivity index (χ4n) is 3.79. The largest absolute Gasteiger partial charge is 0.444 e. The van der Waals surface area contributed by atoms with Crippen molar-refractivity contribution in [3.05, 3.63) is 17.3 Å². The lowest BCUT2D eigenvalue weighted by molar-refractivity contribution is -0.121. The van der Waals surface area contributed by atoms with Crippen LogP contribution in [-0.4, -0.2) is 48.5 Å². The Morgan fingerprint density at radius 1 is 1.22 bits per heavy atom. The van der Waals surface area contributed by atoms with Crippen LogP contribution in [0.1, 0.15) is 49.4 Å². The third-order valence-electron chi connectivity index (χ3n) is 5.67. The van der Waals surface area contributed by atoms with Gasteiger partial charge in [-0.2, -0.15) is 0 Å². The molecule has 2 fully saturated rings. The van der Waals surface area contributed by atoms with E-state index in [1.165, 1.54) is 6.42 Å². The number of hydrogen-bond acceptors (Lipinski definition) is 5. The number of nitrogens with one attached hydrogen (secondary N) is 2. The predicted molar refractivity (Wildman–Crippen MR) is 112 cm³/mol. The normalized spacial score (nSPS) is 20.7. The molecule has 0 spiro atoms. The van der Waals surface area contributed by atoms with E-state index in [1.807, 2.05) is 13.8 Å². The highest BCUT2D eigenvalue weighted by molar-refractivity contribution is 5.85. The molecule has 2 aliphatic heterocycles. The van der Waals surface area contributed by atoms with E-state index in [1.54, 1.807) is 0 Å². The van der Waals surface area contributed by atoms with E-state index < -0.39 is 0 Å². The molecule has 2 saturated heterocycles. The second-order valence-corrected chi connectivity index (χ2v) is 7.67. The van der Waals surface area contributed by atoms with Gasteiger partial charge in [-0.15, -0.1) is 24.8 Å². The first-order valence-electron chi connectivity index (χ1n) is 9.73. The van der Waals surface area contributed by atoms with Crippen molar-refractivity contribution in [2.75, 3.05) is 32.7 Å². The molecule has 1 aromatic rings. The number of hydrogen-bond donors (Lipinski definition) is 2. The number of carbonyl (C=O) groups is 1. The minimum absolute atomic E-state index is 0. The first-order valence-corrected chi connectivity index (χ1v) is 9.73. The Labute approximate surface area is 175 Å². The summed E-state index contributed by atoms with van der Waals surface area (Å²) in [4.78, 5) is 18.9. The highest BCUT2D eigenvalue weighted by Gasteiger charge is 2.22. The number of likely N-dealkylation sites (tertiary alicyclic amines) is 1. The van der Waals surface area contributed by atoms with Gasteiger partial charge in [0, 0.05) is 13.0 Å². The fraction of sp³-hybridized carbons (Fsp3) is 0.789. The quantitative estimate of drug-likeness (QED) is 0.709. The van der Waals surface area contributed by atoms with Crippen molar-refractivity contribution >= 4 is 30.7 Å². The number of piperidine rings is 1. The lowest BCUT2D eigenvalue weighted by Gasteiger charge is -2.31. The van der Waals surface area contributed by atoms with Gasteiger partial charge < -0.3 is 15.1 Å². The number of aromatic nitrogens is 1. The topological polar surface area (TPSA) is 70.4 Å². The van der Waals surface area contributed by atoms with Gasteiger partial charge in [-0.3, -0.25) is 9.69 Å². The van der Waals surface area contributed by atoms with Gasteiger partial charge in [0.15, 0.2) is 0 Å². The summed E-state index contributed by atoms with van der Waals surface area (Å²) >= 11 is 0. The molecule has 3 heterocycles. The number of halogens is 2. The Kier molecular flexibility index (Phi) is 10.7. The molecule has 1 aromatic heterocycles. The van der Waals surface area contributed by atoms with Crippen molar-refractivity contribution in [1.82, 2.24) is 20.5 Å². The van der Waals surface area contributed by atoms with Crippen LogP contribution < -0.4 is 10.6 Å². The molecule has 0 aliphatic carbocycles. The summed E-state index contributed by atoms with van der Waals surface area (Å²) in [6.45, 7) is 9.86. The standard InChI is InChI=1S/C19H32N4O2.2ClH/c1-14-15(2)25-19(22-14)13-23-9-6-17(7-10-23)12-21-18(24)4-3-16-5-8-20-11-16;;/h16-17,20H,3-13H2,1-2H3,(H,21,24);2*1H. The Morgan fingerprint density at radius 3 is 2.56 bits per heavy atom. The molecule has 0 aromatic carbocycles. The average molecular weight is 421 g/mol. The van der Waals surface area contributed by atoms with E-state index in [2.05, 4.69) is 20.5 Å². The predicted octanol–water partition coefficient (Wildman–Crippen LogP) is 2.85. The summed E-state index contributed by atoms with van der Waals surface area (Å²) in [7, 11) is 0. The monoisotopic (exact) mass is 420 g/mol. The Bertz CT molecular complexity index is 549. The maximum atomic E-state index is 12.0. The average Bonchev–Trinajstić information content (AvgIpc) is 3.22. The molecule has 0 saturated carbocycles. The van der Waals surface area contributed by atoms with Gasteiger partial charge in [-0.05, 0) is 77.5 Å². The number of aryl methyl sites for hydroxylation is 2. The van der Waals surface area contributed by atoms with Gasteiger partial charge in [0.2, 0.25) is 11.8 Å². The molecular formula is C19H34Cl2N4O2. The van der Waals surface area contributed by atoms with Crippen molar-refractivity contribution < 1.29 is 9.21 Å². The summed E-state index contributed by atoms with van der Waals surface area (Å²) in [6, 6.07) is 0. The number of oxazole rings is 1. The zero-order valence-corrected chi connectivity index (χ0v) is 18.1. The third-order valence-corrected chi connectivity index (χ3v) is 5.67. The van der Waals surface area contributed by atoms with E-state index in [9.17, 15) is 4.79 Å². The van der Waals surface area contributed by atoms with Crippen molar-refractivity contribution in [2.24, 2.45) is 11.8 Å². The van der Waals surface area contributed by atoms with Crippen LogP contribution in [0.2, 0.25) is 0 Å². The number of amides is 1. The third kappa shape index (κ3) is 7.60. The van der Waals surface area contributed by atoms with Crippen LogP contribution in [0.25, 0.3) is 0 Å². The molecule has 6 nitrogen and oxygen atoms in total. The van der Waals surface area contributed by atoms with Crippen LogP contribution in [0.4, 0.5) is 0 Å². The number of rotatable bonds is 7. The van der Waals surface area contributed by atoms with Crippen molar-refractivity contribution in [3.8, 4) is 0 Å². The van der Waals surface area contributed by atoms with Crippen molar-refractivity contribution in [3.63, 3.8) is 0 Å². The van der Waals surface area contributed by atoms with Gasteiger partial charge in [0.25, 0.3) is 0 Å². The Morgan fingerprint density at radius 2 is 1.96 bits per heavy atom. The molecule has 0 bridgehead atoms. The minimum Gasteiger partial charge on any atom is -0.444 e. The SMILES string of the molecule is Cc1nc(CN2CCC(CNC(=O)CCC3CCNC3)CC2)oc1C.Cl.Cl. The summed E-state index contributed by atoms with van der Waals surface area (Å²) in [5.74, 6) is 3.25. The lowest BCUT2D eigenvalue weighted by atomic mass is 9.96. The van der Waals surface area contributed by atoms with Crippen molar-refractivity contribution in [2.45, 2.75) is 52.5 Å². The first-order chi connectivity index (χ1) is 12.1. The summed E-state index contributed by atoms with van der Waals surface area (Å²) in [5, 5.41) is 6.50. The number of carbonyl (C=O) groups excluding carboxylic acids is 1. The molecule has 27 heavy (non-hydrogen) atoms. The van der Waals surface area contributed by atoms with Crippen LogP contribution in [0, 0.1) is 25.7 Å².